The molecule has 0 aliphatic rings. The second-order valence-corrected chi connectivity index (χ2v) is 5.43. The van der Waals surface area contributed by atoms with Crippen LogP contribution in [0.3, 0.4) is 0 Å². The minimum atomic E-state index is -0.923. The van der Waals surface area contributed by atoms with Gasteiger partial charge in [-0.05, 0) is 49.6 Å². The molecule has 0 amide bonds. The van der Waals surface area contributed by atoms with Crippen LogP contribution in [0, 0.1) is 13.8 Å². The van der Waals surface area contributed by atoms with Crippen LogP contribution in [0.1, 0.15) is 23.6 Å². The van der Waals surface area contributed by atoms with Crippen LogP contribution in [0.2, 0.25) is 0 Å². The second-order valence-electron chi connectivity index (χ2n) is 5.43. The highest BCUT2D eigenvalue weighted by Crippen LogP contribution is 2.30. The van der Waals surface area contributed by atoms with Crippen molar-refractivity contribution >= 4 is 11.7 Å². The lowest BCUT2D eigenvalue weighted by Crippen LogP contribution is -2.42. The van der Waals surface area contributed by atoms with Gasteiger partial charge in [0.2, 0.25) is 0 Å². The quantitative estimate of drug-likeness (QED) is 0.867. The highest BCUT2D eigenvalue weighted by Gasteiger charge is 2.37. The fourth-order valence-corrected chi connectivity index (χ4v) is 2.58. The average Bonchev–Trinajstić information content (AvgIpc) is 2.46. The van der Waals surface area contributed by atoms with Crippen molar-refractivity contribution in [2.75, 3.05) is 12.4 Å². The van der Waals surface area contributed by atoms with Crippen LogP contribution in [-0.2, 0) is 15.1 Å². The van der Waals surface area contributed by atoms with Crippen molar-refractivity contribution in [1.29, 1.82) is 0 Å². The zero-order chi connectivity index (χ0) is 15.5. The first-order valence-electron chi connectivity index (χ1n) is 6.97. The zero-order valence-electron chi connectivity index (χ0n) is 12.9. The minimum Gasteiger partial charge on any atom is -0.467 e. The molecule has 0 radical (unpaired) electrons. The number of ether oxygens (including phenoxy) is 1. The van der Waals surface area contributed by atoms with E-state index in [9.17, 15) is 4.79 Å². The maximum atomic E-state index is 12.4. The number of nitrogens with one attached hydrogen (secondary N) is 1. The van der Waals surface area contributed by atoms with Gasteiger partial charge < -0.3 is 10.1 Å². The van der Waals surface area contributed by atoms with Crippen molar-refractivity contribution in [2.24, 2.45) is 0 Å². The van der Waals surface area contributed by atoms with Gasteiger partial charge in [-0.15, -0.1) is 0 Å². The summed E-state index contributed by atoms with van der Waals surface area (Å²) in [6.07, 6.45) is 0. The van der Waals surface area contributed by atoms with Gasteiger partial charge in [-0.25, -0.2) is 4.79 Å². The van der Waals surface area contributed by atoms with E-state index in [0.29, 0.717) is 0 Å². The third-order valence-corrected chi connectivity index (χ3v) is 3.69. The third-order valence-electron chi connectivity index (χ3n) is 3.69. The predicted molar refractivity (Wildman–Crippen MR) is 85.3 cm³/mol. The maximum absolute atomic E-state index is 12.4. The molecule has 0 saturated carbocycles. The van der Waals surface area contributed by atoms with Crippen molar-refractivity contribution in [1.82, 2.24) is 0 Å². The standard InChI is InChI=1S/C18H21NO2/c1-13-8-7-10-15(12-13)19-18(3,17(20)21-4)16-11-6-5-9-14(16)2/h5-12,19H,1-4H3. The molecular weight excluding hydrogens is 262 g/mol. The van der Waals surface area contributed by atoms with E-state index < -0.39 is 5.54 Å². The summed E-state index contributed by atoms with van der Waals surface area (Å²) in [5, 5.41) is 3.33. The Hall–Kier alpha value is -2.29. The molecule has 0 heterocycles. The maximum Gasteiger partial charge on any atom is 0.335 e. The first-order chi connectivity index (χ1) is 9.97. The smallest absolute Gasteiger partial charge is 0.335 e. The molecule has 3 heteroatoms. The molecule has 2 rings (SSSR count). The van der Waals surface area contributed by atoms with Gasteiger partial charge in [0.1, 0.15) is 0 Å². The molecule has 3 nitrogen and oxygen atoms in total. The molecule has 1 atom stereocenters. The molecule has 0 fully saturated rings. The first kappa shape index (κ1) is 15.1. The number of carbonyl (C=O) groups is 1. The van der Waals surface area contributed by atoms with E-state index in [4.69, 9.17) is 4.74 Å². The van der Waals surface area contributed by atoms with Gasteiger partial charge in [0.05, 0.1) is 7.11 Å². The molecule has 1 unspecified atom stereocenters. The SMILES string of the molecule is COC(=O)C(C)(Nc1cccc(C)c1)c1ccccc1C. The monoisotopic (exact) mass is 283 g/mol. The number of hydrogen-bond donors (Lipinski definition) is 1. The van der Waals surface area contributed by atoms with Gasteiger partial charge in [-0.1, -0.05) is 36.4 Å². The van der Waals surface area contributed by atoms with Crippen molar-refractivity contribution in [3.63, 3.8) is 0 Å². The Morgan fingerprint density at radius 3 is 2.43 bits per heavy atom. The molecule has 0 aliphatic heterocycles. The molecule has 2 aromatic rings. The lowest BCUT2D eigenvalue weighted by molar-refractivity contribution is -0.145. The summed E-state index contributed by atoms with van der Waals surface area (Å²) < 4.78 is 5.03. The fourth-order valence-electron chi connectivity index (χ4n) is 2.58. The summed E-state index contributed by atoms with van der Waals surface area (Å²) in [6, 6.07) is 15.8. The number of rotatable bonds is 4. The van der Waals surface area contributed by atoms with Gasteiger partial charge in [0, 0.05) is 5.69 Å². The molecule has 0 spiro atoms. The summed E-state index contributed by atoms with van der Waals surface area (Å²) in [5.41, 5.74) is 3.07. The first-order valence-corrected chi connectivity index (χ1v) is 6.97. The van der Waals surface area contributed by atoms with Crippen LogP contribution >= 0.6 is 0 Å². The molecule has 0 bridgehead atoms. The summed E-state index contributed by atoms with van der Waals surface area (Å²) in [5.74, 6) is -0.307. The van der Waals surface area contributed by atoms with Crippen LogP contribution in [-0.4, -0.2) is 13.1 Å². The van der Waals surface area contributed by atoms with Crippen molar-refractivity contribution in [3.05, 3.63) is 65.2 Å². The number of benzene rings is 2. The molecular formula is C18H21NO2. The van der Waals surface area contributed by atoms with Gasteiger partial charge in [-0.3, -0.25) is 0 Å². The number of carbonyl (C=O) groups excluding carboxylic acids is 1. The number of hydrogen-bond acceptors (Lipinski definition) is 3. The van der Waals surface area contributed by atoms with Crippen molar-refractivity contribution in [3.8, 4) is 0 Å². The minimum absolute atomic E-state index is 0.307. The topological polar surface area (TPSA) is 38.3 Å². The van der Waals surface area contributed by atoms with Crippen LogP contribution in [0.15, 0.2) is 48.5 Å². The lowest BCUT2D eigenvalue weighted by Gasteiger charge is -2.31. The Morgan fingerprint density at radius 2 is 1.81 bits per heavy atom. The summed E-state index contributed by atoms with van der Waals surface area (Å²) >= 11 is 0. The molecule has 110 valence electrons. The molecule has 0 aromatic heterocycles. The highest BCUT2D eigenvalue weighted by molar-refractivity contribution is 5.86. The van der Waals surface area contributed by atoms with Crippen LogP contribution in [0.4, 0.5) is 5.69 Å². The summed E-state index contributed by atoms with van der Waals surface area (Å²) in [4.78, 5) is 12.4. The number of methoxy groups -OCH3 is 1. The number of esters is 1. The Balaban J connectivity index is 2.48. The highest BCUT2D eigenvalue weighted by atomic mass is 16.5. The predicted octanol–water partition coefficient (Wildman–Crippen LogP) is 3.80. The Labute approximate surface area is 126 Å². The van der Waals surface area contributed by atoms with Crippen molar-refractivity contribution in [2.45, 2.75) is 26.3 Å². The largest absolute Gasteiger partial charge is 0.467 e. The van der Waals surface area contributed by atoms with Gasteiger partial charge >= 0.3 is 5.97 Å². The van der Waals surface area contributed by atoms with E-state index in [1.807, 2.05) is 69.3 Å². The Kier molecular flexibility index (Phi) is 4.32. The number of aryl methyl sites for hydroxylation is 2. The van der Waals surface area contributed by atoms with Crippen LogP contribution in [0.25, 0.3) is 0 Å². The van der Waals surface area contributed by atoms with E-state index >= 15 is 0 Å². The molecule has 0 saturated heterocycles. The number of anilines is 1. The van der Waals surface area contributed by atoms with Gasteiger partial charge in [0.25, 0.3) is 0 Å². The Bertz CT molecular complexity index is 651. The van der Waals surface area contributed by atoms with E-state index in [1.165, 1.54) is 7.11 Å². The lowest BCUT2D eigenvalue weighted by atomic mass is 9.88. The molecule has 0 aliphatic carbocycles. The molecule has 2 aromatic carbocycles. The summed E-state index contributed by atoms with van der Waals surface area (Å²) in [7, 11) is 1.41. The molecule has 21 heavy (non-hydrogen) atoms. The normalized spacial score (nSPS) is 13.3. The summed E-state index contributed by atoms with van der Waals surface area (Å²) in [6.45, 7) is 5.87. The Morgan fingerprint density at radius 1 is 1.10 bits per heavy atom. The van der Waals surface area contributed by atoms with Crippen molar-refractivity contribution < 1.29 is 9.53 Å². The fraction of sp³-hybridized carbons (Fsp3) is 0.278. The zero-order valence-corrected chi connectivity index (χ0v) is 12.9. The average molecular weight is 283 g/mol. The van der Waals surface area contributed by atoms with E-state index in [0.717, 1.165) is 22.4 Å². The molecule has 1 N–H and O–H groups in total. The van der Waals surface area contributed by atoms with Gasteiger partial charge in [-0.2, -0.15) is 0 Å². The van der Waals surface area contributed by atoms with E-state index in [-0.39, 0.29) is 5.97 Å². The van der Waals surface area contributed by atoms with Gasteiger partial charge in [0.15, 0.2) is 5.54 Å². The van der Waals surface area contributed by atoms with E-state index in [1.54, 1.807) is 0 Å². The van der Waals surface area contributed by atoms with Crippen LogP contribution in [0.5, 0.6) is 0 Å². The van der Waals surface area contributed by atoms with Crippen LogP contribution < -0.4 is 5.32 Å². The van der Waals surface area contributed by atoms with E-state index in [2.05, 4.69) is 5.32 Å². The third kappa shape index (κ3) is 3.07. The second kappa shape index (κ2) is 6.00.